The lowest BCUT2D eigenvalue weighted by atomic mass is 9.76. The minimum absolute atomic E-state index is 0.0822. The van der Waals surface area contributed by atoms with Gasteiger partial charge in [0.05, 0.1) is 11.4 Å². The molecule has 0 radical (unpaired) electrons. The van der Waals surface area contributed by atoms with Crippen LogP contribution in [0.4, 0.5) is 0 Å². The van der Waals surface area contributed by atoms with Gasteiger partial charge in [-0.05, 0) is 66.1 Å². The summed E-state index contributed by atoms with van der Waals surface area (Å²) in [5.74, 6) is 2.68. The fourth-order valence-corrected chi connectivity index (χ4v) is 5.79. The van der Waals surface area contributed by atoms with Gasteiger partial charge in [-0.1, -0.05) is 102 Å². The molecule has 5 heteroatoms. The van der Waals surface area contributed by atoms with Crippen LogP contribution in [0.15, 0.2) is 97.3 Å². The standard InChI is InChI=1S/C38H43N3O2/c1-25(2)29-16-12-17-30(26(3)4)35(29)41-23-22-39-36(41)38(7,8)28-15-11-14-27(24-28)37(5,6)33-20-13-21-34(40-33)43-32-19-10-9-18-31(32)42/h9-26,42H,1-8H3. The first kappa shape index (κ1) is 30.1. The Morgan fingerprint density at radius 3 is 1.98 bits per heavy atom. The second-order valence-electron chi connectivity index (χ2n) is 13.0. The number of rotatable bonds is 9. The van der Waals surface area contributed by atoms with E-state index in [2.05, 4.69) is 109 Å². The van der Waals surface area contributed by atoms with Gasteiger partial charge in [-0.3, -0.25) is 0 Å². The third-order valence-corrected chi connectivity index (χ3v) is 8.53. The summed E-state index contributed by atoms with van der Waals surface area (Å²) >= 11 is 0. The van der Waals surface area contributed by atoms with Crippen LogP contribution in [-0.2, 0) is 10.8 Å². The van der Waals surface area contributed by atoms with Crippen molar-refractivity contribution in [3.8, 4) is 23.1 Å². The van der Waals surface area contributed by atoms with E-state index in [0.717, 1.165) is 17.1 Å². The maximum atomic E-state index is 10.2. The number of pyridine rings is 1. The van der Waals surface area contributed by atoms with Gasteiger partial charge in [0, 0.05) is 29.3 Å². The third-order valence-electron chi connectivity index (χ3n) is 8.53. The second kappa shape index (κ2) is 11.7. The first-order valence-corrected chi connectivity index (χ1v) is 15.1. The topological polar surface area (TPSA) is 60.2 Å². The van der Waals surface area contributed by atoms with E-state index in [9.17, 15) is 5.11 Å². The SMILES string of the molecule is CC(C)c1cccc(C(C)C)c1-n1ccnc1C(C)(C)c1cccc(C(C)(C)c2cccc(Oc3ccccc3O)n2)c1. The van der Waals surface area contributed by atoms with Gasteiger partial charge < -0.3 is 14.4 Å². The van der Waals surface area contributed by atoms with E-state index >= 15 is 0 Å². The second-order valence-corrected chi connectivity index (χ2v) is 13.0. The molecular formula is C38H43N3O2. The summed E-state index contributed by atoms with van der Waals surface area (Å²) in [6.07, 6.45) is 4.03. The van der Waals surface area contributed by atoms with Gasteiger partial charge in [0.25, 0.3) is 0 Å². The van der Waals surface area contributed by atoms with E-state index in [1.165, 1.54) is 22.4 Å². The smallest absolute Gasteiger partial charge is 0.219 e. The molecule has 2 heterocycles. The highest BCUT2D eigenvalue weighted by Crippen LogP contribution is 2.39. The van der Waals surface area contributed by atoms with E-state index in [0.29, 0.717) is 23.5 Å². The van der Waals surface area contributed by atoms with E-state index in [4.69, 9.17) is 14.7 Å². The Labute approximate surface area is 256 Å². The van der Waals surface area contributed by atoms with Crippen LogP contribution in [0, 0.1) is 0 Å². The number of aromatic hydroxyl groups is 1. The summed E-state index contributed by atoms with van der Waals surface area (Å²) in [6, 6.07) is 28.2. The van der Waals surface area contributed by atoms with Crippen molar-refractivity contribution < 1.29 is 9.84 Å². The molecule has 0 amide bonds. The predicted octanol–water partition coefficient (Wildman–Crippen LogP) is 9.66. The number of hydrogen-bond acceptors (Lipinski definition) is 4. The highest BCUT2D eigenvalue weighted by Gasteiger charge is 2.32. The summed E-state index contributed by atoms with van der Waals surface area (Å²) in [6.45, 7) is 17.9. The molecule has 43 heavy (non-hydrogen) atoms. The van der Waals surface area contributed by atoms with Gasteiger partial charge in [0.2, 0.25) is 5.88 Å². The summed E-state index contributed by atoms with van der Waals surface area (Å²) in [5, 5.41) is 10.2. The molecule has 5 aromatic rings. The Morgan fingerprint density at radius 2 is 1.33 bits per heavy atom. The quantitative estimate of drug-likeness (QED) is 0.191. The van der Waals surface area contributed by atoms with Crippen molar-refractivity contribution in [3.05, 3.63) is 131 Å². The Kier molecular flexibility index (Phi) is 8.20. The minimum Gasteiger partial charge on any atom is -0.504 e. The number of para-hydroxylation sites is 3. The van der Waals surface area contributed by atoms with Gasteiger partial charge in [0.1, 0.15) is 5.82 Å². The molecule has 0 aliphatic heterocycles. The monoisotopic (exact) mass is 573 g/mol. The molecule has 2 aromatic heterocycles. The Balaban J connectivity index is 1.53. The average Bonchev–Trinajstić information content (AvgIpc) is 3.49. The van der Waals surface area contributed by atoms with Crippen LogP contribution in [0.5, 0.6) is 17.4 Å². The molecule has 0 aliphatic carbocycles. The van der Waals surface area contributed by atoms with Crippen LogP contribution < -0.4 is 4.74 Å². The summed E-state index contributed by atoms with van der Waals surface area (Å²) in [5.41, 5.74) is 6.32. The highest BCUT2D eigenvalue weighted by atomic mass is 16.5. The van der Waals surface area contributed by atoms with Gasteiger partial charge >= 0.3 is 0 Å². The molecule has 1 N–H and O–H groups in total. The van der Waals surface area contributed by atoms with Crippen LogP contribution in [0.2, 0.25) is 0 Å². The average molecular weight is 574 g/mol. The van der Waals surface area contributed by atoms with Gasteiger partial charge in [-0.2, -0.15) is 0 Å². The van der Waals surface area contributed by atoms with Gasteiger partial charge in [-0.25, -0.2) is 9.97 Å². The lowest BCUT2D eigenvalue weighted by Crippen LogP contribution is -2.26. The van der Waals surface area contributed by atoms with Crippen LogP contribution >= 0.6 is 0 Å². The highest BCUT2D eigenvalue weighted by molar-refractivity contribution is 5.53. The molecule has 0 saturated heterocycles. The lowest BCUT2D eigenvalue weighted by molar-refractivity contribution is 0.400. The van der Waals surface area contributed by atoms with E-state index < -0.39 is 5.41 Å². The van der Waals surface area contributed by atoms with Gasteiger partial charge in [-0.15, -0.1) is 0 Å². The third kappa shape index (κ3) is 5.81. The van der Waals surface area contributed by atoms with Crippen molar-refractivity contribution in [1.29, 1.82) is 0 Å². The van der Waals surface area contributed by atoms with Crippen LogP contribution in [0.3, 0.4) is 0 Å². The molecule has 0 unspecified atom stereocenters. The maximum absolute atomic E-state index is 10.2. The zero-order chi connectivity index (χ0) is 30.9. The van der Waals surface area contributed by atoms with E-state index in [-0.39, 0.29) is 11.2 Å². The minimum atomic E-state index is -0.408. The van der Waals surface area contributed by atoms with Crippen molar-refractivity contribution in [2.75, 3.05) is 0 Å². The molecule has 0 fully saturated rings. The summed E-state index contributed by atoms with van der Waals surface area (Å²) in [7, 11) is 0. The van der Waals surface area contributed by atoms with Crippen molar-refractivity contribution >= 4 is 0 Å². The Bertz CT molecular complexity index is 1700. The number of benzene rings is 3. The Hall–Kier alpha value is -4.38. The number of aromatic nitrogens is 3. The van der Waals surface area contributed by atoms with Gasteiger partial charge in [0.15, 0.2) is 11.5 Å². The van der Waals surface area contributed by atoms with Crippen molar-refractivity contribution in [3.63, 3.8) is 0 Å². The van der Waals surface area contributed by atoms with Crippen molar-refractivity contribution in [2.45, 2.75) is 78.1 Å². The predicted molar refractivity (Wildman–Crippen MR) is 175 cm³/mol. The molecule has 0 spiro atoms. The lowest BCUT2D eigenvalue weighted by Gasteiger charge is -2.31. The number of hydrogen-bond donors (Lipinski definition) is 1. The van der Waals surface area contributed by atoms with Crippen LogP contribution in [0.25, 0.3) is 5.69 Å². The summed E-state index contributed by atoms with van der Waals surface area (Å²) in [4.78, 5) is 9.82. The van der Waals surface area contributed by atoms with Crippen molar-refractivity contribution in [1.82, 2.24) is 14.5 Å². The number of phenolic OH excluding ortho intramolecular Hbond substituents is 1. The van der Waals surface area contributed by atoms with E-state index in [1.807, 2.05) is 30.5 Å². The summed E-state index contributed by atoms with van der Waals surface area (Å²) < 4.78 is 8.25. The first-order chi connectivity index (χ1) is 20.4. The first-order valence-electron chi connectivity index (χ1n) is 15.1. The molecule has 0 saturated carbocycles. The maximum Gasteiger partial charge on any atom is 0.219 e. The van der Waals surface area contributed by atoms with Crippen LogP contribution in [0.1, 0.15) is 101 Å². The molecular weight excluding hydrogens is 530 g/mol. The Morgan fingerprint density at radius 1 is 0.721 bits per heavy atom. The molecule has 0 bridgehead atoms. The van der Waals surface area contributed by atoms with E-state index in [1.54, 1.807) is 18.2 Å². The fraction of sp³-hybridized carbons (Fsp3) is 0.316. The molecule has 0 aliphatic rings. The van der Waals surface area contributed by atoms with Crippen LogP contribution in [-0.4, -0.2) is 19.6 Å². The largest absolute Gasteiger partial charge is 0.504 e. The normalized spacial score (nSPS) is 12.2. The number of ether oxygens (including phenoxy) is 1. The molecule has 5 rings (SSSR count). The molecule has 3 aromatic carbocycles. The number of imidazole rings is 1. The number of nitrogens with zero attached hydrogens (tertiary/aromatic N) is 3. The fourth-order valence-electron chi connectivity index (χ4n) is 5.79. The molecule has 0 atom stereocenters. The molecule has 5 nitrogen and oxygen atoms in total. The zero-order valence-corrected chi connectivity index (χ0v) is 26.6. The molecule has 222 valence electrons. The van der Waals surface area contributed by atoms with Crippen molar-refractivity contribution in [2.24, 2.45) is 0 Å². The zero-order valence-electron chi connectivity index (χ0n) is 26.6. The number of phenols is 1.